The second kappa shape index (κ2) is 10.3. The predicted molar refractivity (Wildman–Crippen MR) is 115 cm³/mol. The SMILES string of the molecule is CC(=O)OCC1=C(C(=O)O)N2C(=O)[C@@H](NC(=O)C(C)NOCc3ccc(Cl)cc3)C2SC1. The largest absolute Gasteiger partial charge is 0.477 e. The van der Waals surface area contributed by atoms with E-state index in [1.54, 1.807) is 31.2 Å². The Morgan fingerprint density at radius 3 is 2.59 bits per heavy atom. The van der Waals surface area contributed by atoms with Crippen LogP contribution in [-0.2, 0) is 35.4 Å². The lowest BCUT2D eigenvalue weighted by atomic mass is 10.0. The first-order chi connectivity index (χ1) is 15.2. The van der Waals surface area contributed by atoms with Crippen molar-refractivity contribution in [1.82, 2.24) is 15.7 Å². The molecule has 32 heavy (non-hydrogen) atoms. The smallest absolute Gasteiger partial charge is 0.352 e. The summed E-state index contributed by atoms with van der Waals surface area (Å²) in [6, 6.07) is 5.41. The first-order valence-electron chi connectivity index (χ1n) is 9.64. The summed E-state index contributed by atoms with van der Waals surface area (Å²) in [5.74, 6) is -2.59. The number of nitrogens with one attached hydrogen (secondary N) is 2. The number of carboxylic acid groups (broad SMARTS) is 1. The van der Waals surface area contributed by atoms with Crippen molar-refractivity contribution >= 4 is 47.1 Å². The van der Waals surface area contributed by atoms with Crippen molar-refractivity contribution in [2.75, 3.05) is 12.4 Å². The number of aliphatic carboxylic acids is 1. The van der Waals surface area contributed by atoms with Crippen LogP contribution in [0.1, 0.15) is 19.4 Å². The van der Waals surface area contributed by atoms with E-state index in [0.29, 0.717) is 10.6 Å². The van der Waals surface area contributed by atoms with Crippen LogP contribution in [0, 0.1) is 0 Å². The number of hydrogen-bond acceptors (Lipinski definition) is 8. The number of esters is 1. The number of halogens is 1. The summed E-state index contributed by atoms with van der Waals surface area (Å²) in [4.78, 5) is 54.3. The molecule has 1 aromatic carbocycles. The first-order valence-corrected chi connectivity index (χ1v) is 11.1. The van der Waals surface area contributed by atoms with Crippen molar-refractivity contribution in [3.05, 3.63) is 46.1 Å². The van der Waals surface area contributed by atoms with E-state index in [1.807, 2.05) is 0 Å². The summed E-state index contributed by atoms with van der Waals surface area (Å²) in [7, 11) is 0. The van der Waals surface area contributed by atoms with Gasteiger partial charge in [-0.3, -0.25) is 24.1 Å². The fourth-order valence-corrected chi connectivity index (χ4v) is 4.60. The van der Waals surface area contributed by atoms with Crippen molar-refractivity contribution in [3.8, 4) is 0 Å². The van der Waals surface area contributed by atoms with E-state index < -0.39 is 41.2 Å². The Labute approximate surface area is 193 Å². The van der Waals surface area contributed by atoms with Gasteiger partial charge >= 0.3 is 11.9 Å². The Bertz CT molecular complexity index is 953. The number of rotatable bonds is 9. The lowest BCUT2D eigenvalue weighted by molar-refractivity contribution is -0.151. The second-order valence-corrected chi connectivity index (χ2v) is 8.73. The molecule has 1 saturated heterocycles. The maximum absolute atomic E-state index is 12.6. The first kappa shape index (κ1) is 24.1. The maximum atomic E-state index is 12.6. The van der Waals surface area contributed by atoms with E-state index in [1.165, 1.54) is 18.7 Å². The van der Waals surface area contributed by atoms with Crippen LogP contribution in [0.4, 0.5) is 0 Å². The van der Waals surface area contributed by atoms with Gasteiger partial charge in [-0.2, -0.15) is 5.48 Å². The Morgan fingerprint density at radius 1 is 1.28 bits per heavy atom. The van der Waals surface area contributed by atoms with E-state index in [0.717, 1.165) is 10.5 Å². The minimum atomic E-state index is -1.29. The van der Waals surface area contributed by atoms with Crippen LogP contribution in [0.3, 0.4) is 0 Å². The highest BCUT2D eigenvalue weighted by Gasteiger charge is 2.54. The molecule has 3 N–H and O–H groups in total. The van der Waals surface area contributed by atoms with Crippen molar-refractivity contribution in [2.24, 2.45) is 0 Å². The summed E-state index contributed by atoms with van der Waals surface area (Å²) in [6.07, 6.45) is 0. The molecule has 2 aliphatic rings. The molecule has 1 aromatic rings. The summed E-state index contributed by atoms with van der Waals surface area (Å²) < 4.78 is 4.89. The third kappa shape index (κ3) is 5.41. The van der Waals surface area contributed by atoms with Crippen LogP contribution < -0.4 is 10.8 Å². The quantitative estimate of drug-likeness (QED) is 0.267. The molecule has 0 aliphatic carbocycles. The monoisotopic (exact) mass is 483 g/mol. The molecule has 0 aromatic heterocycles. The van der Waals surface area contributed by atoms with E-state index in [9.17, 15) is 24.3 Å². The Balaban J connectivity index is 1.54. The molecule has 1 fully saturated rings. The zero-order valence-electron chi connectivity index (χ0n) is 17.3. The Kier molecular flexibility index (Phi) is 7.77. The Hall–Kier alpha value is -2.60. The number of carboxylic acids is 1. The number of amides is 2. The number of carbonyl (C=O) groups is 4. The topological polar surface area (TPSA) is 134 Å². The number of thioether (sulfide) groups is 1. The molecule has 3 atom stereocenters. The zero-order chi connectivity index (χ0) is 23.4. The molecule has 0 radical (unpaired) electrons. The molecule has 0 bridgehead atoms. The van der Waals surface area contributed by atoms with Gasteiger partial charge < -0.3 is 15.2 Å². The summed E-state index contributed by atoms with van der Waals surface area (Å²) in [5, 5.41) is 12.2. The fourth-order valence-electron chi connectivity index (χ4n) is 3.15. The van der Waals surface area contributed by atoms with Gasteiger partial charge in [-0.1, -0.05) is 23.7 Å². The van der Waals surface area contributed by atoms with Gasteiger partial charge in [0.1, 0.15) is 29.8 Å². The van der Waals surface area contributed by atoms with E-state index >= 15 is 0 Å². The average molecular weight is 484 g/mol. The lowest BCUT2D eigenvalue weighted by Crippen LogP contribution is -2.71. The van der Waals surface area contributed by atoms with Gasteiger partial charge in [0.25, 0.3) is 5.91 Å². The molecule has 2 aliphatic heterocycles. The van der Waals surface area contributed by atoms with Gasteiger partial charge in [0, 0.05) is 23.3 Å². The van der Waals surface area contributed by atoms with E-state index in [-0.39, 0.29) is 24.7 Å². The third-order valence-electron chi connectivity index (χ3n) is 4.80. The number of carbonyl (C=O) groups excluding carboxylic acids is 3. The molecule has 2 unspecified atom stereocenters. The van der Waals surface area contributed by atoms with Crippen LogP contribution in [0.2, 0.25) is 5.02 Å². The van der Waals surface area contributed by atoms with Gasteiger partial charge in [-0.15, -0.1) is 11.8 Å². The molecule has 3 rings (SSSR count). The van der Waals surface area contributed by atoms with Gasteiger partial charge in [0.15, 0.2) is 0 Å². The van der Waals surface area contributed by atoms with Crippen LogP contribution in [-0.4, -0.2) is 63.6 Å². The summed E-state index contributed by atoms with van der Waals surface area (Å²) in [6.45, 7) is 2.80. The number of nitrogens with zero attached hydrogens (tertiary/aromatic N) is 1. The highest BCUT2D eigenvalue weighted by atomic mass is 35.5. The number of fused-ring (bicyclic) bond motifs is 1. The van der Waals surface area contributed by atoms with Gasteiger partial charge in [-0.05, 0) is 24.6 Å². The van der Waals surface area contributed by atoms with Crippen molar-refractivity contribution in [3.63, 3.8) is 0 Å². The maximum Gasteiger partial charge on any atom is 0.352 e. The number of ether oxygens (including phenoxy) is 1. The highest BCUT2D eigenvalue weighted by Crippen LogP contribution is 2.40. The summed E-state index contributed by atoms with van der Waals surface area (Å²) >= 11 is 7.12. The Morgan fingerprint density at radius 2 is 1.97 bits per heavy atom. The number of hydrogen-bond donors (Lipinski definition) is 3. The van der Waals surface area contributed by atoms with Crippen LogP contribution in [0.25, 0.3) is 0 Å². The highest BCUT2D eigenvalue weighted by molar-refractivity contribution is 8.00. The number of benzene rings is 1. The third-order valence-corrected chi connectivity index (χ3v) is 6.39. The minimum Gasteiger partial charge on any atom is -0.477 e. The molecule has 2 heterocycles. The molecular weight excluding hydrogens is 462 g/mol. The molecule has 12 heteroatoms. The molecule has 172 valence electrons. The average Bonchev–Trinajstić information content (AvgIpc) is 2.76. The normalized spacial score (nSPS) is 20.8. The molecular formula is C20H22ClN3O7S. The van der Waals surface area contributed by atoms with Gasteiger partial charge in [0.2, 0.25) is 5.91 Å². The zero-order valence-corrected chi connectivity index (χ0v) is 18.9. The molecule has 0 saturated carbocycles. The van der Waals surface area contributed by atoms with Crippen LogP contribution >= 0.6 is 23.4 Å². The molecule has 2 amide bonds. The molecule has 0 spiro atoms. The minimum absolute atomic E-state index is 0.205. The standard InChI is InChI=1S/C20H22ClN3O7S/c1-10(23-31-7-12-3-5-14(21)6-4-12)17(26)22-15-18(27)24-16(20(28)29)13(8-30-11(2)25)9-32-19(15)24/h3-6,10,15,19,23H,7-9H2,1-2H3,(H,22,26)(H,28,29)/t10?,15-,19?/m1/s1. The van der Waals surface area contributed by atoms with E-state index in [2.05, 4.69) is 10.8 Å². The molecule has 10 nitrogen and oxygen atoms in total. The van der Waals surface area contributed by atoms with Crippen LogP contribution in [0.15, 0.2) is 35.5 Å². The van der Waals surface area contributed by atoms with Gasteiger partial charge in [-0.25, -0.2) is 4.79 Å². The van der Waals surface area contributed by atoms with Gasteiger partial charge in [0.05, 0.1) is 6.61 Å². The van der Waals surface area contributed by atoms with E-state index in [4.69, 9.17) is 21.2 Å². The predicted octanol–water partition coefficient (Wildman–Crippen LogP) is 1.05. The lowest BCUT2D eigenvalue weighted by Gasteiger charge is -2.49. The summed E-state index contributed by atoms with van der Waals surface area (Å²) in [5.41, 5.74) is 3.60. The number of hydroxylamine groups is 1. The van der Waals surface area contributed by atoms with Crippen molar-refractivity contribution < 1.29 is 33.9 Å². The number of β-lactam (4-membered cyclic amide) rings is 1. The van der Waals surface area contributed by atoms with Crippen molar-refractivity contribution in [1.29, 1.82) is 0 Å². The van der Waals surface area contributed by atoms with Crippen LogP contribution in [0.5, 0.6) is 0 Å². The second-order valence-electron chi connectivity index (χ2n) is 7.19. The van der Waals surface area contributed by atoms with Crippen molar-refractivity contribution in [2.45, 2.75) is 37.9 Å². The fraction of sp³-hybridized carbons (Fsp3) is 0.400.